The molecule has 1 aliphatic heterocycles. The first-order chi connectivity index (χ1) is 9.43. The number of carbonyl (C=O) groups is 2. The molecule has 0 saturated carbocycles. The largest absolute Gasteiger partial charge is 0.481 e. The van der Waals surface area contributed by atoms with Crippen molar-refractivity contribution in [2.75, 3.05) is 19.7 Å². The lowest BCUT2D eigenvalue weighted by atomic mass is 10.1. The van der Waals surface area contributed by atoms with E-state index in [2.05, 4.69) is 0 Å². The Morgan fingerprint density at radius 1 is 1.19 bits per heavy atom. The van der Waals surface area contributed by atoms with Gasteiger partial charge in [-0.15, -0.1) is 0 Å². The highest BCUT2D eigenvalue weighted by Gasteiger charge is 2.62. The Hall–Kier alpha value is -1.52. The Morgan fingerprint density at radius 3 is 2.14 bits per heavy atom. The van der Waals surface area contributed by atoms with E-state index in [1.54, 1.807) is 0 Å². The van der Waals surface area contributed by atoms with Crippen molar-refractivity contribution in [3.8, 4) is 0 Å². The van der Waals surface area contributed by atoms with E-state index < -0.39 is 55.8 Å². The van der Waals surface area contributed by atoms with Gasteiger partial charge in [0.25, 0.3) is 0 Å². The van der Waals surface area contributed by atoms with Crippen molar-refractivity contribution in [3.63, 3.8) is 0 Å². The van der Waals surface area contributed by atoms with Crippen LogP contribution in [0.25, 0.3) is 0 Å². The number of morpholine rings is 1. The molecule has 1 heterocycles. The predicted octanol–water partition coefficient (Wildman–Crippen LogP) is 1.43. The van der Waals surface area contributed by atoms with E-state index in [0.29, 0.717) is 4.90 Å². The number of alkyl halides is 6. The van der Waals surface area contributed by atoms with Crippen LogP contribution in [0.1, 0.15) is 6.42 Å². The van der Waals surface area contributed by atoms with Crippen molar-refractivity contribution in [1.29, 1.82) is 0 Å². The second kappa shape index (κ2) is 6.08. The zero-order valence-electron chi connectivity index (χ0n) is 10.4. The molecule has 1 rings (SSSR count). The standard InChI is InChI=1S/C10H11F6NO4/c11-9(12,13)7(10(14,15)16)8(20)17-1-2-21-5(4-17)3-6(18)19/h5,7H,1-4H2,(H,18,19). The van der Waals surface area contributed by atoms with Gasteiger partial charge in [-0.2, -0.15) is 26.3 Å². The Kier molecular flexibility index (Phi) is 5.07. The summed E-state index contributed by atoms with van der Waals surface area (Å²) in [6.07, 6.45) is -13.3. The van der Waals surface area contributed by atoms with Gasteiger partial charge in [0.05, 0.1) is 19.1 Å². The fourth-order valence-corrected chi connectivity index (χ4v) is 1.89. The minimum absolute atomic E-state index is 0.327. The fraction of sp³-hybridized carbons (Fsp3) is 0.800. The average molecular weight is 323 g/mol. The maximum atomic E-state index is 12.4. The molecule has 21 heavy (non-hydrogen) atoms. The van der Waals surface area contributed by atoms with E-state index in [0.717, 1.165) is 0 Å². The summed E-state index contributed by atoms with van der Waals surface area (Å²) >= 11 is 0. The second-order valence-corrected chi connectivity index (χ2v) is 4.39. The summed E-state index contributed by atoms with van der Waals surface area (Å²) in [7, 11) is 0. The van der Waals surface area contributed by atoms with Gasteiger partial charge in [0.15, 0.2) is 0 Å². The Bertz CT molecular complexity index is 393. The minimum Gasteiger partial charge on any atom is -0.481 e. The molecule has 0 aromatic heterocycles. The molecule has 0 spiro atoms. The quantitative estimate of drug-likeness (QED) is 0.798. The van der Waals surface area contributed by atoms with E-state index >= 15 is 0 Å². The molecule has 1 N–H and O–H groups in total. The minimum atomic E-state index is -5.77. The van der Waals surface area contributed by atoms with Crippen LogP contribution in [0.5, 0.6) is 0 Å². The molecule has 5 nitrogen and oxygen atoms in total. The lowest BCUT2D eigenvalue weighted by molar-refractivity contribution is -0.278. The number of hydrogen-bond acceptors (Lipinski definition) is 3. The van der Waals surface area contributed by atoms with Gasteiger partial charge in [-0.3, -0.25) is 9.59 Å². The summed E-state index contributed by atoms with van der Waals surface area (Å²) in [5, 5.41) is 8.51. The first-order valence-electron chi connectivity index (χ1n) is 5.68. The topological polar surface area (TPSA) is 66.8 Å². The first-order valence-corrected chi connectivity index (χ1v) is 5.68. The fourth-order valence-electron chi connectivity index (χ4n) is 1.89. The Balaban J connectivity index is 2.87. The van der Waals surface area contributed by atoms with Gasteiger partial charge in [0, 0.05) is 13.1 Å². The van der Waals surface area contributed by atoms with Crippen LogP contribution >= 0.6 is 0 Å². The normalized spacial score (nSPS) is 20.7. The molecule has 1 saturated heterocycles. The third kappa shape index (κ3) is 4.76. The summed E-state index contributed by atoms with van der Waals surface area (Å²) in [6, 6.07) is 0. The molecular formula is C10H11F6NO4. The van der Waals surface area contributed by atoms with Gasteiger partial charge in [-0.05, 0) is 0 Å². The molecule has 0 aromatic carbocycles. The third-order valence-corrected chi connectivity index (χ3v) is 2.75. The number of carboxylic acid groups (broad SMARTS) is 1. The summed E-state index contributed by atoms with van der Waals surface area (Å²) < 4.78 is 79.5. The van der Waals surface area contributed by atoms with Crippen LogP contribution in [0, 0.1) is 5.92 Å². The van der Waals surface area contributed by atoms with E-state index in [4.69, 9.17) is 9.84 Å². The smallest absolute Gasteiger partial charge is 0.409 e. The highest BCUT2D eigenvalue weighted by atomic mass is 19.4. The van der Waals surface area contributed by atoms with Crippen LogP contribution in [0.2, 0.25) is 0 Å². The summed E-state index contributed by atoms with van der Waals surface area (Å²) in [5.74, 6) is -7.60. The Labute approximate surface area is 114 Å². The van der Waals surface area contributed by atoms with Crippen LogP contribution < -0.4 is 0 Å². The molecule has 0 aliphatic carbocycles. The van der Waals surface area contributed by atoms with Crippen molar-refractivity contribution in [1.82, 2.24) is 4.90 Å². The summed E-state index contributed by atoms with van der Waals surface area (Å²) in [4.78, 5) is 22.3. The average Bonchev–Trinajstić information content (AvgIpc) is 2.24. The molecule has 1 aliphatic rings. The lowest BCUT2D eigenvalue weighted by Gasteiger charge is -2.35. The molecule has 1 fully saturated rings. The SMILES string of the molecule is O=C(O)CC1CN(C(=O)C(C(F)(F)F)C(F)(F)F)CCO1. The van der Waals surface area contributed by atoms with Gasteiger partial charge in [0.1, 0.15) is 0 Å². The molecule has 1 unspecified atom stereocenters. The highest BCUT2D eigenvalue weighted by molar-refractivity contribution is 5.80. The molecular weight excluding hydrogens is 312 g/mol. The van der Waals surface area contributed by atoms with Crippen molar-refractivity contribution in [3.05, 3.63) is 0 Å². The number of hydrogen-bond donors (Lipinski definition) is 1. The predicted molar refractivity (Wildman–Crippen MR) is 54.2 cm³/mol. The number of rotatable bonds is 3. The zero-order chi connectivity index (χ0) is 16.4. The molecule has 1 atom stereocenters. The van der Waals surface area contributed by atoms with Crippen LogP contribution in [0.3, 0.4) is 0 Å². The van der Waals surface area contributed by atoms with Crippen molar-refractivity contribution < 1.29 is 45.8 Å². The highest BCUT2D eigenvalue weighted by Crippen LogP contribution is 2.40. The van der Waals surface area contributed by atoms with Gasteiger partial charge in [-0.1, -0.05) is 0 Å². The number of carboxylic acids is 1. The Morgan fingerprint density at radius 2 is 1.71 bits per heavy atom. The molecule has 0 bridgehead atoms. The van der Waals surface area contributed by atoms with Crippen molar-refractivity contribution in [2.45, 2.75) is 24.9 Å². The summed E-state index contributed by atoms with van der Waals surface area (Å²) in [5.41, 5.74) is 0. The van der Waals surface area contributed by atoms with Crippen molar-refractivity contribution >= 4 is 11.9 Å². The maximum absolute atomic E-state index is 12.4. The number of nitrogens with zero attached hydrogens (tertiary/aromatic N) is 1. The molecule has 0 aromatic rings. The first kappa shape index (κ1) is 17.5. The second-order valence-electron chi connectivity index (χ2n) is 4.39. The number of aliphatic carboxylic acids is 1. The number of carbonyl (C=O) groups excluding carboxylic acids is 1. The van der Waals surface area contributed by atoms with E-state index in [1.165, 1.54) is 0 Å². The number of ether oxygens (including phenoxy) is 1. The van der Waals surface area contributed by atoms with E-state index in [1.807, 2.05) is 0 Å². The van der Waals surface area contributed by atoms with Crippen molar-refractivity contribution in [2.24, 2.45) is 5.92 Å². The lowest BCUT2D eigenvalue weighted by Crippen LogP contribution is -2.54. The summed E-state index contributed by atoms with van der Waals surface area (Å²) in [6.45, 7) is -1.42. The van der Waals surface area contributed by atoms with E-state index in [9.17, 15) is 35.9 Å². The van der Waals surface area contributed by atoms with Gasteiger partial charge >= 0.3 is 18.3 Å². The monoisotopic (exact) mass is 323 g/mol. The molecule has 0 radical (unpaired) electrons. The maximum Gasteiger partial charge on any atom is 0.409 e. The molecule has 122 valence electrons. The third-order valence-electron chi connectivity index (χ3n) is 2.75. The molecule has 1 amide bonds. The van der Waals surface area contributed by atoms with Gasteiger partial charge in [0.2, 0.25) is 11.8 Å². The molecule has 11 heteroatoms. The number of amides is 1. The van der Waals surface area contributed by atoms with Crippen LogP contribution in [0.4, 0.5) is 26.3 Å². The van der Waals surface area contributed by atoms with Crippen LogP contribution in [-0.4, -0.2) is 60.0 Å². The van der Waals surface area contributed by atoms with Gasteiger partial charge in [-0.25, -0.2) is 0 Å². The van der Waals surface area contributed by atoms with Crippen LogP contribution in [0.15, 0.2) is 0 Å². The zero-order valence-corrected chi connectivity index (χ0v) is 10.4. The van der Waals surface area contributed by atoms with E-state index in [-0.39, 0.29) is 6.61 Å². The number of halogens is 6. The van der Waals surface area contributed by atoms with Crippen LogP contribution in [-0.2, 0) is 14.3 Å². The van der Waals surface area contributed by atoms with Gasteiger partial charge < -0.3 is 14.7 Å².